The molecule has 1 aromatic carbocycles. The van der Waals surface area contributed by atoms with E-state index in [1.54, 1.807) is 18.3 Å². The van der Waals surface area contributed by atoms with E-state index in [1.807, 2.05) is 12.1 Å². The van der Waals surface area contributed by atoms with Gasteiger partial charge in [-0.15, -0.1) is 0 Å². The van der Waals surface area contributed by atoms with E-state index in [0.717, 1.165) is 68.2 Å². The molecule has 9 nitrogen and oxygen atoms in total. The van der Waals surface area contributed by atoms with E-state index in [1.165, 1.54) is 7.11 Å². The van der Waals surface area contributed by atoms with Gasteiger partial charge in [0.05, 0.1) is 19.3 Å². The van der Waals surface area contributed by atoms with Gasteiger partial charge in [-0.05, 0) is 129 Å². The molecule has 284 valence electrons. The number of anilines is 1. The van der Waals surface area contributed by atoms with Gasteiger partial charge in [-0.1, -0.05) is 45.0 Å². The summed E-state index contributed by atoms with van der Waals surface area (Å²) in [4.78, 5) is 29.6. The maximum absolute atomic E-state index is 13.6. The Hall–Kier alpha value is -3.45. The number of rotatable bonds is 16. The third kappa shape index (κ3) is 11.0. The summed E-state index contributed by atoms with van der Waals surface area (Å²) in [7, 11) is 1.51. The summed E-state index contributed by atoms with van der Waals surface area (Å²) in [5.74, 6) is 8.27. The lowest BCUT2D eigenvalue weighted by Crippen LogP contribution is -2.48. The Labute approximate surface area is 310 Å². The van der Waals surface area contributed by atoms with E-state index in [2.05, 4.69) is 36.0 Å². The standard InChI is InChI=1S/C43H61N3O6/c1-27(2)8-9-33(20-28-18-19-45-43(44)22-28)38(48)16-12-30-11-15-35(40(50)17-13-31-23-42(52-3)41(51)25-36(30)31)39(49)7-5-4-6-29-21-32-10-14-34(47)24-37(32)46-26-29/h18-19,22-23,25,27,29-30,32-33,35,37-39,46,48-49,51H,4-10,12-14,16-17,20-21,24,26H2,1-3H3,(H2,44,45). The number of aromatic hydroxyl groups is 1. The van der Waals surface area contributed by atoms with E-state index in [4.69, 9.17) is 10.5 Å². The van der Waals surface area contributed by atoms with Gasteiger partial charge >= 0.3 is 0 Å². The van der Waals surface area contributed by atoms with E-state index in [9.17, 15) is 24.9 Å². The van der Waals surface area contributed by atoms with Crippen molar-refractivity contribution < 1.29 is 29.6 Å². The number of ether oxygens (including phenoxy) is 1. The van der Waals surface area contributed by atoms with E-state index < -0.39 is 18.1 Å². The SMILES string of the molecule is COc1cc2c(cc1O)C(CCC(O)C(CCC(C)C)Cc1ccnc(N)c1)C#CC(C(O)CCCCC1CNC3CC(=O)CCC3C1)C(=O)CC2. The number of phenolic OH excluding ortho intramolecular Hbond substituents is 1. The van der Waals surface area contributed by atoms with Crippen LogP contribution in [0, 0.1) is 41.4 Å². The topological polar surface area (TPSA) is 155 Å². The van der Waals surface area contributed by atoms with Crippen molar-refractivity contribution in [3.05, 3.63) is 47.2 Å². The number of carbonyl (C=O) groups is 2. The monoisotopic (exact) mass is 715 g/mol. The molecule has 0 spiro atoms. The first kappa shape index (κ1) is 39.8. The molecule has 6 N–H and O–H groups in total. The van der Waals surface area contributed by atoms with Crippen molar-refractivity contribution in [3.63, 3.8) is 0 Å². The first-order chi connectivity index (χ1) is 25.0. The highest BCUT2D eigenvalue weighted by Crippen LogP contribution is 2.38. The molecule has 2 fully saturated rings. The molecule has 0 bridgehead atoms. The summed E-state index contributed by atoms with van der Waals surface area (Å²) in [6.45, 7) is 5.32. The average molecular weight is 716 g/mol. The number of nitrogen functional groups attached to an aromatic ring is 1. The molecular weight excluding hydrogens is 654 g/mol. The second-order valence-corrected chi connectivity index (χ2v) is 16.2. The van der Waals surface area contributed by atoms with Crippen LogP contribution in [0.4, 0.5) is 5.82 Å². The number of nitrogens with one attached hydrogen (secondary N) is 1. The van der Waals surface area contributed by atoms with Crippen LogP contribution in [0.1, 0.15) is 120 Å². The Morgan fingerprint density at radius 2 is 1.85 bits per heavy atom. The zero-order valence-corrected chi connectivity index (χ0v) is 31.5. The summed E-state index contributed by atoms with van der Waals surface area (Å²) < 4.78 is 5.42. The number of unbranched alkanes of at least 4 members (excludes halogenated alkanes) is 1. The second-order valence-electron chi connectivity index (χ2n) is 16.2. The fourth-order valence-electron chi connectivity index (χ4n) is 8.69. The summed E-state index contributed by atoms with van der Waals surface area (Å²) >= 11 is 0. The van der Waals surface area contributed by atoms with Crippen LogP contribution in [0.2, 0.25) is 0 Å². The lowest BCUT2D eigenvalue weighted by atomic mass is 9.74. The number of methoxy groups -OCH3 is 1. The summed E-state index contributed by atoms with van der Waals surface area (Å²) in [5, 5.41) is 37.4. The molecule has 1 saturated carbocycles. The van der Waals surface area contributed by atoms with E-state index in [-0.39, 0.29) is 29.8 Å². The molecule has 5 rings (SSSR count). The molecule has 3 aliphatic rings. The Bertz CT molecular complexity index is 1570. The molecule has 0 radical (unpaired) electrons. The van der Waals surface area contributed by atoms with Crippen molar-refractivity contribution in [2.45, 2.75) is 134 Å². The third-order valence-electron chi connectivity index (χ3n) is 11.8. The molecule has 1 saturated heterocycles. The van der Waals surface area contributed by atoms with Gasteiger partial charge in [0, 0.05) is 37.4 Å². The van der Waals surface area contributed by atoms with Crippen molar-refractivity contribution in [1.82, 2.24) is 10.3 Å². The Kier molecular flexibility index (Phi) is 14.6. The molecule has 2 heterocycles. The fourth-order valence-corrected chi connectivity index (χ4v) is 8.69. The largest absolute Gasteiger partial charge is 0.504 e. The normalized spacial score (nSPS) is 25.1. The number of aliphatic hydroxyl groups excluding tert-OH is 2. The molecule has 1 aliphatic heterocycles. The predicted molar refractivity (Wildman–Crippen MR) is 204 cm³/mol. The number of nitrogens with two attached hydrogens (primary N) is 1. The van der Waals surface area contributed by atoms with Crippen LogP contribution in [0.3, 0.4) is 0 Å². The highest BCUT2D eigenvalue weighted by atomic mass is 16.5. The summed E-state index contributed by atoms with van der Waals surface area (Å²) in [6.07, 6.45) is 11.4. The number of aromatic nitrogens is 1. The number of nitrogens with zero attached hydrogens (tertiary/aromatic N) is 1. The van der Waals surface area contributed by atoms with Crippen LogP contribution in [0.5, 0.6) is 11.5 Å². The van der Waals surface area contributed by atoms with Gasteiger partial charge in [-0.2, -0.15) is 0 Å². The number of pyridine rings is 1. The Morgan fingerprint density at radius 3 is 2.62 bits per heavy atom. The minimum absolute atomic E-state index is 0.0153. The number of aryl methyl sites for hydroxylation is 1. The molecule has 0 amide bonds. The van der Waals surface area contributed by atoms with Crippen LogP contribution in [-0.2, 0) is 22.4 Å². The molecular formula is C43H61N3O6. The quantitative estimate of drug-likeness (QED) is 0.0995. The first-order valence-electron chi connectivity index (χ1n) is 19.8. The third-order valence-corrected chi connectivity index (χ3v) is 11.8. The number of Topliss-reactive ketones (excluding diaryl/α,β-unsaturated/α-hetero) is 2. The second kappa shape index (κ2) is 19.0. The number of phenols is 1. The number of benzene rings is 1. The van der Waals surface area contributed by atoms with E-state index in [0.29, 0.717) is 86.1 Å². The van der Waals surface area contributed by atoms with Gasteiger partial charge in [0.25, 0.3) is 0 Å². The Morgan fingerprint density at radius 1 is 1.02 bits per heavy atom. The van der Waals surface area contributed by atoms with Crippen LogP contribution in [0.25, 0.3) is 0 Å². The lowest BCUT2D eigenvalue weighted by Gasteiger charge is -2.39. The molecule has 2 aliphatic carbocycles. The fraction of sp³-hybridized carbons (Fsp3) is 0.651. The van der Waals surface area contributed by atoms with E-state index >= 15 is 0 Å². The average Bonchev–Trinajstić information content (AvgIpc) is 3.18. The van der Waals surface area contributed by atoms with Crippen LogP contribution < -0.4 is 15.8 Å². The van der Waals surface area contributed by atoms with Crippen molar-refractivity contribution in [3.8, 4) is 23.3 Å². The minimum Gasteiger partial charge on any atom is -0.504 e. The number of hydrogen-bond acceptors (Lipinski definition) is 9. The van der Waals surface area contributed by atoms with Gasteiger partial charge in [0.2, 0.25) is 0 Å². The number of piperidine rings is 1. The number of fused-ring (bicyclic) bond motifs is 2. The molecule has 2 aromatic rings. The molecule has 52 heavy (non-hydrogen) atoms. The van der Waals surface area contributed by atoms with Gasteiger partial charge < -0.3 is 31.1 Å². The zero-order valence-electron chi connectivity index (χ0n) is 31.5. The van der Waals surface area contributed by atoms with Gasteiger partial charge in [-0.25, -0.2) is 4.98 Å². The Balaban J connectivity index is 1.26. The van der Waals surface area contributed by atoms with Crippen molar-refractivity contribution in [1.29, 1.82) is 0 Å². The van der Waals surface area contributed by atoms with Gasteiger partial charge in [-0.3, -0.25) is 9.59 Å². The zero-order chi connectivity index (χ0) is 37.2. The summed E-state index contributed by atoms with van der Waals surface area (Å²) in [6, 6.07) is 7.66. The molecule has 9 heteroatoms. The predicted octanol–water partition coefficient (Wildman–Crippen LogP) is 6.30. The van der Waals surface area contributed by atoms with Crippen molar-refractivity contribution >= 4 is 17.4 Å². The minimum atomic E-state index is -0.859. The summed E-state index contributed by atoms with van der Waals surface area (Å²) in [5.41, 5.74) is 8.74. The molecule has 8 atom stereocenters. The highest BCUT2D eigenvalue weighted by molar-refractivity contribution is 5.85. The van der Waals surface area contributed by atoms with Crippen molar-refractivity contribution in [2.24, 2.45) is 29.6 Å². The maximum Gasteiger partial charge on any atom is 0.160 e. The van der Waals surface area contributed by atoms with Crippen LogP contribution in [0.15, 0.2) is 30.5 Å². The maximum atomic E-state index is 13.6. The number of aliphatic hydroxyl groups is 2. The van der Waals surface area contributed by atoms with Gasteiger partial charge in [0.15, 0.2) is 17.3 Å². The highest BCUT2D eigenvalue weighted by Gasteiger charge is 2.35. The van der Waals surface area contributed by atoms with Crippen LogP contribution >= 0.6 is 0 Å². The lowest BCUT2D eigenvalue weighted by molar-refractivity contribution is -0.124. The van der Waals surface area contributed by atoms with Gasteiger partial charge in [0.1, 0.15) is 17.5 Å². The number of hydrogen-bond donors (Lipinski definition) is 5. The molecule has 1 aromatic heterocycles. The first-order valence-corrected chi connectivity index (χ1v) is 19.8. The smallest absolute Gasteiger partial charge is 0.160 e. The number of carbonyl (C=O) groups excluding carboxylic acids is 2. The van der Waals surface area contributed by atoms with Crippen molar-refractivity contribution in [2.75, 3.05) is 19.4 Å². The number of ketones is 2. The van der Waals surface area contributed by atoms with Crippen LogP contribution in [-0.4, -0.2) is 63.8 Å². The molecule has 8 unspecified atom stereocenters.